The predicted octanol–water partition coefficient (Wildman–Crippen LogP) is 3.67. The van der Waals surface area contributed by atoms with Crippen molar-refractivity contribution >= 4 is 17.6 Å². The molecule has 2 unspecified atom stereocenters. The van der Waals surface area contributed by atoms with E-state index in [9.17, 15) is 14.4 Å². The first kappa shape index (κ1) is 13.9. The highest BCUT2D eigenvalue weighted by Gasteiger charge is 2.45. The third-order valence-electron chi connectivity index (χ3n) is 5.44. The summed E-state index contributed by atoms with van der Waals surface area (Å²) in [6, 6.07) is 17.1. The molecule has 7 nitrogen and oxygen atoms in total. The maximum Gasteiger partial charge on any atom is 0.223 e. The fraction of sp³-hybridized carbons (Fsp3) is 0.464. The number of likely N-dealkylation sites (tertiary alicyclic amines) is 2. The quantitative estimate of drug-likeness (QED) is 0.574. The molecule has 0 aliphatic carbocycles. The highest BCUT2D eigenvalue weighted by Crippen LogP contribution is 2.32. The monoisotopic (exact) mass is 493 g/mol. The molecule has 35 heavy (non-hydrogen) atoms. The Morgan fingerprint density at radius 1 is 0.886 bits per heavy atom. The summed E-state index contributed by atoms with van der Waals surface area (Å²) in [5.74, 6) is -11.2. The zero-order valence-electron chi connectivity index (χ0n) is 32.4. The molecule has 2 saturated heterocycles. The van der Waals surface area contributed by atoms with Gasteiger partial charge in [0.2, 0.25) is 11.8 Å². The molecule has 2 aliphatic rings. The third-order valence-corrected chi connectivity index (χ3v) is 5.44. The Hall–Kier alpha value is -3.03. The number of rotatable bonds is 6. The van der Waals surface area contributed by atoms with Crippen LogP contribution in [0.4, 0.5) is 0 Å². The van der Waals surface area contributed by atoms with Crippen molar-refractivity contribution in [2.75, 3.05) is 27.3 Å². The van der Waals surface area contributed by atoms with E-state index in [-0.39, 0.29) is 13.1 Å². The van der Waals surface area contributed by atoms with Crippen LogP contribution < -0.4 is 0 Å². The Bertz CT molecular complexity index is 1480. The number of Topliss-reactive ketones (excluding diaryl/α,β-unsaturated/α-hetero) is 1. The highest BCUT2D eigenvalue weighted by atomic mass is 16.7. The van der Waals surface area contributed by atoms with Crippen molar-refractivity contribution in [3.8, 4) is 0 Å². The van der Waals surface area contributed by atoms with Crippen molar-refractivity contribution in [1.29, 1.82) is 0 Å². The van der Waals surface area contributed by atoms with Crippen LogP contribution in [-0.4, -0.2) is 60.4 Å². The molecule has 0 aromatic heterocycles. The lowest BCUT2D eigenvalue weighted by Gasteiger charge is -2.44. The lowest BCUT2D eigenvalue weighted by atomic mass is 9.91. The van der Waals surface area contributed by atoms with Gasteiger partial charge in [0.25, 0.3) is 0 Å². The molecule has 0 bridgehead atoms. The van der Waals surface area contributed by atoms with Gasteiger partial charge in [0.1, 0.15) is 0 Å². The number of amides is 2. The first-order valence-corrected chi connectivity index (χ1v) is 10.7. The summed E-state index contributed by atoms with van der Waals surface area (Å²) in [6.45, 7) is -9.83. The fourth-order valence-electron chi connectivity index (χ4n) is 3.47. The van der Waals surface area contributed by atoms with Crippen LogP contribution >= 0.6 is 0 Å². The Morgan fingerprint density at radius 3 is 1.94 bits per heavy atom. The predicted molar refractivity (Wildman–Crippen MR) is 133 cm³/mol. The molecule has 2 aliphatic heterocycles. The van der Waals surface area contributed by atoms with Crippen LogP contribution in [0.3, 0.4) is 0 Å². The average molecular weight is 494 g/mol. The standard InChI is InChI=1S/C15H21NO3.C13H15NO2/c1-12-9-14(17)16(11-15(12,18-2)19-3)10-13-7-5-4-6-8-13;1-10-7-13(16)14(9-12(10)15)8-11-5-3-2-4-6-11/h4-8,12H,9-11H2,1-3H3;2-6,10H,7-9H2,1H3/i1D3,9D2;1D3,7D2,9D2,10D. The maximum absolute atomic E-state index is 12.6. The molecule has 188 valence electrons. The van der Waals surface area contributed by atoms with Crippen LogP contribution in [0, 0.1) is 11.8 Å². The third kappa shape index (κ3) is 6.77. The van der Waals surface area contributed by atoms with E-state index < -0.39 is 74.7 Å². The van der Waals surface area contributed by atoms with Crippen molar-refractivity contribution < 1.29 is 41.7 Å². The lowest BCUT2D eigenvalue weighted by Crippen LogP contribution is -2.57. The lowest BCUT2D eigenvalue weighted by molar-refractivity contribution is -0.256. The Morgan fingerprint density at radius 2 is 1.43 bits per heavy atom. The van der Waals surface area contributed by atoms with Crippen LogP contribution in [-0.2, 0) is 36.9 Å². The zero-order valence-corrected chi connectivity index (χ0v) is 19.4. The molecule has 2 atom stereocenters. The van der Waals surface area contributed by atoms with Crippen molar-refractivity contribution in [2.24, 2.45) is 11.8 Å². The molecular formula is C28H36N2O5. The average Bonchev–Trinajstić information content (AvgIpc) is 3.00. The van der Waals surface area contributed by atoms with E-state index in [4.69, 9.17) is 27.3 Å². The van der Waals surface area contributed by atoms with Crippen molar-refractivity contribution in [3.63, 3.8) is 0 Å². The smallest absolute Gasteiger partial charge is 0.223 e. The summed E-state index contributed by atoms with van der Waals surface area (Å²) >= 11 is 0. The number of methoxy groups -OCH3 is 2. The topological polar surface area (TPSA) is 76.1 Å². The number of piperidine rings is 2. The molecule has 0 spiro atoms. The first-order chi connectivity index (χ1) is 21.9. The maximum atomic E-state index is 12.6. The van der Waals surface area contributed by atoms with Crippen LogP contribution in [0.25, 0.3) is 0 Å². The molecule has 4 rings (SSSR count). The number of hydrogen-bond acceptors (Lipinski definition) is 5. The van der Waals surface area contributed by atoms with Crippen molar-refractivity contribution in [2.45, 2.75) is 45.3 Å². The summed E-state index contributed by atoms with van der Waals surface area (Å²) in [5.41, 5.74) is 1.24. The Labute approximate surface area is 226 Å². The first-order valence-electron chi connectivity index (χ1n) is 17.2. The van der Waals surface area contributed by atoms with Gasteiger partial charge in [-0.05, 0) is 11.1 Å². The Balaban J connectivity index is 0.000000260. The minimum atomic E-state index is -3.52. The molecule has 7 heteroatoms. The van der Waals surface area contributed by atoms with E-state index in [1.807, 2.05) is 18.2 Å². The van der Waals surface area contributed by atoms with Gasteiger partial charge in [-0.3, -0.25) is 14.4 Å². The zero-order chi connectivity index (χ0) is 36.7. The molecule has 0 N–H and O–H groups in total. The molecule has 2 aromatic rings. The second-order valence-corrected chi connectivity index (χ2v) is 7.76. The van der Waals surface area contributed by atoms with Gasteiger partial charge in [-0.1, -0.05) is 74.4 Å². The number of nitrogens with zero attached hydrogens (tertiary/aromatic N) is 2. The number of ether oxygens (including phenoxy) is 2. The minimum absolute atomic E-state index is 0.140. The summed E-state index contributed by atoms with van der Waals surface area (Å²) in [6.07, 6.45) is -6.04. The summed E-state index contributed by atoms with van der Waals surface area (Å²) in [4.78, 5) is 39.1. The van der Waals surface area contributed by atoms with Crippen LogP contribution in [0.15, 0.2) is 60.7 Å². The van der Waals surface area contributed by atoms with E-state index in [0.717, 1.165) is 5.56 Å². The molecule has 2 amide bonds. The van der Waals surface area contributed by atoms with Crippen molar-refractivity contribution in [3.05, 3.63) is 71.8 Å². The fourth-order valence-corrected chi connectivity index (χ4v) is 3.47. The number of carbonyl (C=O) groups excluding carboxylic acids is 3. The molecule has 2 aromatic carbocycles. The summed E-state index contributed by atoms with van der Waals surface area (Å²) in [7, 11) is 2.52. The van der Waals surface area contributed by atoms with Gasteiger partial charge in [0.15, 0.2) is 11.6 Å². The molecule has 2 heterocycles. The molecule has 0 saturated carbocycles. The largest absolute Gasteiger partial charge is 0.351 e. The Kier molecular flexibility index (Phi) is 4.80. The summed E-state index contributed by atoms with van der Waals surface area (Å²) < 4.78 is 111. The van der Waals surface area contributed by atoms with Gasteiger partial charge in [-0.2, -0.15) is 0 Å². The SMILES string of the molecule is [2H]C([2H])([2H])C1C(OC)(OC)CN(Cc2ccccc2)C(=O)C1([2H])[2H].[2H]C1([2H])C(=O)C([2H])(C([2H])([2H])[2H])C([2H])([2H])C(=O)N1Cc1ccccc1. The van der Waals surface area contributed by atoms with E-state index in [0.29, 0.717) is 10.5 Å². The van der Waals surface area contributed by atoms with Gasteiger partial charge in [0.05, 0.1) is 15.8 Å². The van der Waals surface area contributed by atoms with Gasteiger partial charge < -0.3 is 19.3 Å². The van der Waals surface area contributed by atoms with Gasteiger partial charge >= 0.3 is 0 Å². The molecular weight excluding hydrogens is 444 g/mol. The van der Waals surface area contributed by atoms with E-state index >= 15 is 0 Å². The van der Waals surface area contributed by atoms with Crippen LogP contribution in [0.1, 0.15) is 55.4 Å². The van der Waals surface area contributed by atoms with E-state index in [2.05, 4.69) is 0 Å². The molecule has 0 radical (unpaired) electrons. The van der Waals surface area contributed by atoms with E-state index in [1.54, 1.807) is 42.5 Å². The summed E-state index contributed by atoms with van der Waals surface area (Å²) in [5, 5.41) is 0. The number of ketones is 1. The van der Waals surface area contributed by atoms with Gasteiger partial charge in [-0.15, -0.1) is 0 Å². The van der Waals surface area contributed by atoms with Gasteiger partial charge in [-0.25, -0.2) is 0 Å². The normalized spacial score (nSPS) is 34.6. The van der Waals surface area contributed by atoms with Gasteiger partial charge in [0, 0.05) is 66.9 Å². The van der Waals surface area contributed by atoms with E-state index in [1.165, 1.54) is 19.1 Å². The van der Waals surface area contributed by atoms with Crippen molar-refractivity contribution in [1.82, 2.24) is 9.80 Å². The number of carbonyl (C=O) groups is 3. The second-order valence-electron chi connectivity index (χ2n) is 7.76. The second kappa shape index (κ2) is 12.1. The number of hydrogen-bond donors (Lipinski definition) is 0. The molecule has 2 fully saturated rings. The van der Waals surface area contributed by atoms with Crippen LogP contribution in [0.5, 0.6) is 0 Å². The minimum Gasteiger partial charge on any atom is -0.351 e. The highest BCUT2D eigenvalue weighted by molar-refractivity contribution is 5.94. The number of benzene rings is 2. The van der Waals surface area contributed by atoms with Crippen LogP contribution in [0.2, 0.25) is 0 Å².